The predicted octanol–water partition coefficient (Wildman–Crippen LogP) is 3.36. The molecule has 0 saturated heterocycles. The van der Waals surface area contributed by atoms with Crippen molar-refractivity contribution in [2.24, 2.45) is 0 Å². The third-order valence-corrected chi connectivity index (χ3v) is 4.09. The quantitative estimate of drug-likeness (QED) is 0.790. The van der Waals surface area contributed by atoms with Gasteiger partial charge in [0.2, 0.25) is 5.91 Å². The number of carbonyl (C=O) groups is 1. The summed E-state index contributed by atoms with van der Waals surface area (Å²) in [5.41, 5.74) is 0. The van der Waals surface area contributed by atoms with Gasteiger partial charge >= 0.3 is 0 Å². The van der Waals surface area contributed by atoms with Crippen molar-refractivity contribution in [2.45, 2.75) is 37.3 Å². The molecule has 6 heteroatoms. The minimum absolute atomic E-state index is 0.0528. The zero-order chi connectivity index (χ0) is 14.4. The third kappa shape index (κ3) is 6.52. The van der Waals surface area contributed by atoms with Crippen molar-refractivity contribution in [1.82, 2.24) is 5.32 Å². The molecule has 0 fully saturated rings. The SMILES string of the molecule is CC(O)CC(C)NC(=O)CSc1cc(Cl)ccc1Cl. The minimum Gasteiger partial charge on any atom is -0.393 e. The van der Waals surface area contributed by atoms with Crippen molar-refractivity contribution >= 4 is 40.9 Å². The molecule has 3 nitrogen and oxygen atoms in total. The molecular formula is C13H17Cl2NO2S. The molecule has 106 valence electrons. The summed E-state index contributed by atoms with van der Waals surface area (Å²) >= 11 is 13.2. The Morgan fingerprint density at radius 2 is 2.11 bits per heavy atom. The average Bonchev–Trinajstić information content (AvgIpc) is 2.29. The van der Waals surface area contributed by atoms with E-state index in [1.54, 1.807) is 25.1 Å². The lowest BCUT2D eigenvalue weighted by molar-refractivity contribution is -0.119. The van der Waals surface area contributed by atoms with Crippen LogP contribution in [0.5, 0.6) is 0 Å². The van der Waals surface area contributed by atoms with Crippen LogP contribution in [0.2, 0.25) is 10.0 Å². The summed E-state index contributed by atoms with van der Waals surface area (Å²) in [5.74, 6) is 0.179. The van der Waals surface area contributed by atoms with Crippen molar-refractivity contribution in [1.29, 1.82) is 0 Å². The van der Waals surface area contributed by atoms with Crippen molar-refractivity contribution < 1.29 is 9.90 Å². The molecule has 1 amide bonds. The Bertz CT molecular complexity index is 441. The van der Waals surface area contributed by atoms with E-state index in [9.17, 15) is 9.90 Å². The van der Waals surface area contributed by atoms with E-state index in [1.165, 1.54) is 11.8 Å². The number of halogens is 2. The fraction of sp³-hybridized carbons (Fsp3) is 0.462. The van der Waals surface area contributed by atoms with Gasteiger partial charge in [0.05, 0.1) is 16.9 Å². The number of aliphatic hydroxyl groups is 1. The number of thioether (sulfide) groups is 1. The molecule has 0 saturated carbocycles. The van der Waals surface area contributed by atoms with Crippen molar-refractivity contribution in [3.05, 3.63) is 28.2 Å². The average molecular weight is 322 g/mol. The fourth-order valence-corrected chi connectivity index (χ4v) is 2.92. The van der Waals surface area contributed by atoms with E-state index in [0.29, 0.717) is 16.5 Å². The Morgan fingerprint density at radius 3 is 2.74 bits per heavy atom. The summed E-state index contributed by atoms with van der Waals surface area (Å²) in [4.78, 5) is 12.5. The standard InChI is InChI=1S/C13H17Cl2NO2S/c1-8(5-9(2)17)16-13(18)7-19-12-6-10(14)3-4-11(12)15/h3-4,6,8-9,17H,5,7H2,1-2H3,(H,16,18). The van der Waals surface area contributed by atoms with Crippen LogP contribution in [0, 0.1) is 0 Å². The van der Waals surface area contributed by atoms with Crippen LogP contribution in [0.25, 0.3) is 0 Å². The van der Waals surface area contributed by atoms with Crippen LogP contribution in [0.3, 0.4) is 0 Å². The Morgan fingerprint density at radius 1 is 1.42 bits per heavy atom. The molecule has 0 heterocycles. The predicted molar refractivity (Wildman–Crippen MR) is 81.1 cm³/mol. The van der Waals surface area contributed by atoms with Crippen molar-refractivity contribution in [2.75, 3.05) is 5.75 Å². The van der Waals surface area contributed by atoms with Crippen LogP contribution in [0.15, 0.2) is 23.1 Å². The molecule has 2 N–H and O–H groups in total. The number of amides is 1. The largest absolute Gasteiger partial charge is 0.393 e. The molecule has 19 heavy (non-hydrogen) atoms. The molecule has 1 rings (SSSR count). The van der Waals surface area contributed by atoms with Gasteiger partial charge < -0.3 is 10.4 Å². The smallest absolute Gasteiger partial charge is 0.230 e. The van der Waals surface area contributed by atoms with Crippen molar-refractivity contribution in [3.63, 3.8) is 0 Å². The summed E-state index contributed by atoms with van der Waals surface area (Å²) < 4.78 is 0. The first-order valence-electron chi connectivity index (χ1n) is 5.93. The molecule has 0 aliphatic rings. The summed E-state index contributed by atoms with van der Waals surface area (Å²) in [6.07, 6.45) is 0.110. The Balaban J connectivity index is 2.43. The van der Waals surface area contributed by atoms with Crippen LogP contribution in [-0.4, -0.2) is 28.9 Å². The lowest BCUT2D eigenvalue weighted by Crippen LogP contribution is -2.35. The van der Waals surface area contributed by atoms with Gasteiger partial charge in [-0.2, -0.15) is 0 Å². The van der Waals surface area contributed by atoms with Gasteiger partial charge in [-0.25, -0.2) is 0 Å². The normalized spacial score (nSPS) is 13.9. The van der Waals surface area contributed by atoms with Gasteiger partial charge in [-0.05, 0) is 38.5 Å². The molecular weight excluding hydrogens is 305 g/mol. The number of benzene rings is 1. The second-order valence-corrected chi connectivity index (χ2v) is 6.28. The van der Waals surface area contributed by atoms with E-state index in [-0.39, 0.29) is 17.7 Å². The maximum absolute atomic E-state index is 11.7. The number of carbonyl (C=O) groups excluding carboxylic acids is 1. The zero-order valence-electron chi connectivity index (χ0n) is 10.8. The van der Waals surface area contributed by atoms with Crippen LogP contribution in [0.4, 0.5) is 0 Å². The van der Waals surface area contributed by atoms with E-state index in [1.807, 2.05) is 6.92 Å². The zero-order valence-corrected chi connectivity index (χ0v) is 13.1. The van der Waals surface area contributed by atoms with Gasteiger partial charge in [-0.3, -0.25) is 4.79 Å². The maximum atomic E-state index is 11.7. The maximum Gasteiger partial charge on any atom is 0.230 e. The molecule has 0 aliphatic carbocycles. The lowest BCUT2D eigenvalue weighted by Gasteiger charge is -2.15. The Hall–Kier alpha value is -0.420. The molecule has 2 atom stereocenters. The third-order valence-electron chi connectivity index (χ3n) is 2.35. The van der Waals surface area contributed by atoms with Crippen LogP contribution in [-0.2, 0) is 4.79 Å². The van der Waals surface area contributed by atoms with Gasteiger partial charge in [0, 0.05) is 16.0 Å². The molecule has 2 unspecified atom stereocenters. The van der Waals surface area contributed by atoms with E-state index in [2.05, 4.69) is 5.32 Å². The van der Waals surface area contributed by atoms with Gasteiger partial charge in [-0.15, -0.1) is 11.8 Å². The molecule has 0 aliphatic heterocycles. The highest BCUT2D eigenvalue weighted by Gasteiger charge is 2.11. The van der Waals surface area contributed by atoms with E-state index in [0.717, 1.165) is 4.90 Å². The summed E-state index contributed by atoms with van der Waals surface area (Å²) in [6.45, 7) is 3.56. The summed E-state index contributed by atoms with van der Waals surface area (Å²) in [6, 6.07) is 5.10. The second kappa shape index (κ2) is 8.00. The van der Waals surface area contributed by atoms with Gasteiger partial charge in [0.15, 0.2) is 0 Å². The Labute approximate surface area is 127 Å². The number of hydrogen-bond acceptors (Lipinski definition) is 3. The van der Waals surface area contributed by atoms with E-state index in [4.69, 9.17) is 23.2 Å². The molecule has 0 radical (unpaired) electrons. The Kier molecular flexibility index (Phi) is 7.00. The first kappa shape index (κ1) is 16.6. The highest BCUT2D eigenvalue weighted by atomic mass is 35.5. The molecule has 1 aromatic carbocycles. The van der Waals surface area contributed by atoms with E-state index >= 15 is 0 Å². The first-order chi connectivity index (χ1) is 8.88. The lowest BCUT2D eigenvalue weighted by atomic mass is 10.1. The van der Waals surface area contributed by atoms with Gasteiger partial charge in [-0.1, -0.05) is 23.2 Å². The number of rotatable bonds is 6. The number of hydrogen-bond donors (Lipinski definition) is 2. The number of nitrogens with one attached hydrogen (secondary N) is 1. The fourth-order valence-electron chi connectivity index (χ4n) is 1.62. The molecule has 1 aromatic rings. The summed E-state index contributed by atoms with van der Waals surface area (Å²) in [5, 5.41) is 13.2. The molecule has 0 bridgehead atoms. The monoisotopic (exact) mass is 321 g/mol. The number of aliphatic hydroxyl groups excluding tert-OH is 1. The van der Waals surface area contributed by atoms with Crippen LogP contribution < -0.4 is 5.32 Å². The van der Waals surface area contributed by atoms with E-state index < -0.39 is 6.10 Å². The highest BCUT2D eigenvalue weighted by molar-refractivity contribution is 8.00. The first-order valence-corrected chi connectivity index (χ1v) is 7.68. The minimum atomic E-state index is -0.426. The molecule has 0 spiro atoms. The van der Waals surface area contributed by atoms with Crippen LogP contribution in [0.1, 0.15) is 20.3 Å². The highest BCUT2D eigenvalue weighted by Crippen LogP contribution is 2.29. The van der Waals surface area contributed by atoms with Crippen LogP contribution >= 0.6 is 35.0 Å². The van der Waals surface area contributed by atoms with Crippen molar-refractivity contribution in [3.8, 4) is 0 Å². The summed E-state index contributed by atoms with van der Waals surface area (Å²) in [7, 11) is 0. The second-order valence-electron chi connectivity index (χ2n) is 4.42. The van der Waals surface area contributed by atoms with Gasteiger partial charge in [0.1, 0.15) is 0 Å². The topological polar surface area (TPSA) is 49.3 Å². The molecule has 0 aromatic heterocycles. The van der Waals surface area contributed by atoms with Gasteiger partial charge in [0.25, 0.3) is 0 Å².